The molecule has 0 aliphatic carbocycles. The van der Waals surface area contributed by atoms with Crippen LogP contribution in [-0.2, 0) is 0 Å². The van der Waals surface area contributed by atoms with Gasteiger partial charge in [0.1, 0.15) is 11.6 Å². The molecule has 78 valence electrons. The third-order valence-corrected chi connectivity index (χ3v) is 1.87. The van der Waals surface area contributed by atoms with Gasteiger partial charge in [0.25, 0.3) is 0 Å². The Morgan fingerprint density at radius 2 is 2.14 bits per heavy atom. The molecule has 0 atom stereocenters. The Morgan fingerprint density at radius 1 is 1.43 bits per heavy atom. The van der Waals surface area contributed by atoms with Gasteiger partial charge in [-0.1, -0.05) is 13.8 Å². The van der Waals surface area contributed by atoms with Gasteiger partial charge < -0.3 is 10.4 Å². The zero-order valence-electron chi connectivity index (χ0n) is 8.91. The smallest absolute Gasteiger partial charge is 0.130 e. The van der Waals surface area contributed by atoms with Gasteiger partial charge in [-0.3, -0.25) is 0 Å². The second-order valence-corrected chi connectivity index (χ2v) is 3.53. The molecule has 0 saturated heterocycles. The molecule has 0 radical (unpaired) electrons. The van der Waals surface area contributed by atoms with E-state index in [2.05, 4.69) is 29.1 Å². The quantitative estimate of drug-likeness (QED) is 0.760. The Hall–Kier alpha value is -1.16. The molecule has 0 amide bonds. The predicted octanol–water partition coefficient (Wildman–Crippen LogP) is 1.31. The zero-order chi connectivity index (χ0) is 10.6. The summed E-state index contributed by atoms with van der Waals surface area (Å²) < 4.78 is 0. The number of nitrogens with one attached hydrogen (secondary N) is 1. The maximum Gasteiger partial charge on any atom is 0.130 e. The monoisotopic (exact) mass is 195 g/mol. The number of hydrogen-bond acceptors (Lipinski definition) is 4. The SMILES string of the molecule is Cc1nc(NCCO)cc(C(C)C)n1. The maximum absolute atomic E-state index is 8.67. The number of aryl methyl sites for hydroxylation is 1. The lowest BCUT2D eigenvalue weighted by molar-refractivity contribution is 0.311. The van der Waals surface area contributed by atoms with Gasteiger partial charge in [0, 0.05) is 18.3 Å². The standard InChI is InChI=1S/C10H17N3O/c1-7(2)9-6-10(11-4-5-14)13-8(3)12-9/h6-7,14H,4-5H2,1-3H3,(H,11,12,13). The molecule has 1 aromatic heterocycles. The number of aliphatic hydroxyl groups is 1. The van der Waals surface area contributed by atoms with Gasteiger partial charge in [-0.25, -0.2) is 9.97 Å². The molecule has 1 aromatic rings. The van der Waals surface area contributed by atoms with Crippen molar-refractivity contribution in [2.45, 2.75) is 26.7 Å². The van der Waals surface area contributed by atoms with Gasteiger partial charge in [0.2, 0.25) is 0 Å². The molecule has 0 aromatic carbocycles. The van der Waals surface area contributed by atoms with E-state index in [4.69, 9.17) is 5.11 Å². The second kappa shape index (κ2) is 4.91. The van der Waals surface area contributed by atoms with Crippen LogP contribution in [0.25, 0.3) is 0 Å². The molecule has 2 N–H and O–H groups in total. The first-order valence-electron chi connectivity index (χ1n) is 4.83. The summed E-state index contributed by atoms with van der Waals surface area (Å²) in [5.74, 6) is 1.94. The lowest BCUT2D eigenvalue weighted by atomic mass is 10.1. The second-order valence-electron chi connectivity index (χ2n) is 3.53. The first kappa shape index (κ1) is 10.9. The summed E-state index contributed by atoms with van der Waals surface area (Å²) in [6.45, 7) is 6.69. The van der Waals surface area contributed by atoms with E-state index in [1.54, 1.807) is 0 Å². The number of nitrogens with zero attached hydrogens (tertiary/aromatic N) is 2. The van der Waals surface area contributed by atoms with Crippen LogP contribution in [0.5, 0.6) is 0 Å². The number of rotatable bonds is 4. The first-order chi connectivity index (χ1) is 6.63. The fourth-order valence-corrected chi connectivity index (χ4v) is 1.16. The molecule has 0 aliphatic rings. The van der Waals surface area contributed by atoms with Gasteiger partial charge in [-0.05, 0) is 12.8 Å². The zero-order valence-corrected chi connectivity index (χ0v) is 8.91. The molecule has 0 spiro atoms. The van der Waals surface area contributed by atoms with Crippen molar-refractivity contribution in [3.63, 3.8) is 0 Å². The number of aliphatic hydroxyl groups excluding tert-OH is 1. The summed E-state index contributed by atoms with van der Waals surface area (Å²) in [5.41, 5.74) is 1.03. The molecule has 0 fully saturated rings. The highest BCUT2D eigenvalue weighted by molar-refractivity contribution is 5.36. The number of aromatic nitrogens is 2. The van der Waals surface area contributed by atoms with Crippen LogP contribution in [0.15, 0.2) is 6.07 Å². The Kier molecular flexibility index (Phi) is 3.83. The largest absolute Gasteiger partial charge is 0.395 e. The van der Waals surface area contributed by atoms with Crippen molar-refractivity contribution in [2.24, 2.45) is 0 Å². The minimum atomic E-state index is 0.111. The van der Waals surface area contributed by atoms with Gasteiger partial charge in [0.15, 0.2) is 0 Å². The average Bonchev–Trinajstić information content (AvgIpc) is 2.14. The molecule has 0 unspecified atom stereocenters. The van der Waals surface area contributed by atoms with Crippen molar-refractivity contribution < 1.29 is 5.11 Å². The summed E-state index contributed by atoms with van der Waals surface area (Å²) in [6.07, 6.45) is 0. The van der Waals surface area contributed by atoms with Gasteiger partial charge in [-0.15, -0.1) is 0 Å². The van der Waals surface area contributed by atoms with E-state index in [1.165, 1.54) is 0 Å². The Bertz CT molecular complexity index is 299. The van der Waals surface area contributed by atoms with Gasteiger partial charge in [0.05, 0.1) is 6.61 Å². The van der Waals surface area contributed by atoms with Crippen LogP contribution in [0.3, 0.4) is 0 Å². The van der Waals surface area contributed by atoms with E-state index in [-0.39, 0.29) is 6.61 Å². The van der Waals surface area contributed by atoms with Crippen LogP contribution in [0, 0.1) is 6.92 Å². The Morgan fingerprint density at radius 3 is 2.71 bits per heavy atom. The van der Waals surface area contributed by atoms with Crippen LogP contribution < -0.4 is 5.32 Å². The predicted molar refractivity (Wildman–Crippen MR) is 56.4 cm³/mol. The van der Waals surface area contributed by atoms with Crippen molar-refractivity contribution in [3.8, 4) is 0 Å². The van der Waals surface area contributed by atoms with Crippen molar-refractivity contribution in [3.05, 3.63) is 17.6 Å². The van der Waals surface area contributed by atoms with Crippen molar-refractivity contribution in [1.82, 2.24) is 9.97 Å². The highest BCUT2D eigenvalue weighted by atomic mass is 16.3. The summed E-state index contributed by atoms with van der Waals surface area (Å²) in [4.78, 5) is 8.55. The fraction of sp³-hybridized carbons (Fsp3) is 0.600. The Balaban J connectivity index is 2.84. The minimum Gasteiger partial charge on any atom is -0.395 e. The molecule has 14 heavy (non-hydrogen) atoms. The third-order valence-electron chi connectivity index (χ3n) is 1.87. The molecule has 1 rings (SSSR count). The van der Waals surface area contributed by atoms with Crippen LogP contribution >= 0.6 is 0 Å². The molecule has 0 aliphatic heterocycles. The van der Waals surface area contributed by atoms with Gasteiger partial charge >= 0.3 is 0 Å². The lowest BCUT2D eigenvalue weighted by Gasteiger charge is -2.09. The molecule has 4 heteroatoms. The first-order valence-corrected chi connectivity index (χ1v) is 4.83. The Labute approximate surface area is 84.4 Å². The van der Waals surface area contributed by atoms with Crippen LogP contribution in [-0.4, -0.2) is 28.2 Å². The van der Waals surface area contributed by atoms with E-state index in [1.807, 2.05) is 13.0 Å². The highest BCUT2D eigenvalue weighted by Gasteiger charge is 2.04. The molecule has 0 bridgehead atoms. The van der Waals surface area contributed by atoms with Crippen molar-refractivity contribution in [1.29, 1.82) is 0 Å². The summed E-state index contributed by atoms with van der Waals surface area (Å²) in [5, 5.41) is 11.7. The number of hydrogen-bond donors (Lipinski definition) is 2. The van der Waals surface area contributed by atoms with Crippen LogP contribution in [0.4, 0.5) is 5.82 Å². The van der Waals surface area contributed by atoms with E-state index in [0.29, 0.717) is 12.5 Å². The molecule has 1 heterocycles. The summed E-state index contributed by atoms with van der Waals surface area (Å²) >= 11 is 0. The highest BCUT2D eigenvalue weighted by Crippen LogP contribution is 2.14. The number of anilines is 1. The van der Waals surface area contributed by atoms with E-state index in [9.17, 15) is 0 Å². The van der Waals surface area contributed by atoms with Crippen molar-refractivity contribution in [2.75, 3.05) is 18.5 Å². The normalized spacial score (nSPS) is 10.6. The molecule has 0 saturated carbocycles. The third kappa shape index (κ3) is 2.96. The average molecular weight is 195 g/mol. The van der Waals surface area contributed by atoms with Crippen LogP contribution in [0.1, 0.15) is 31.3 Å². The molecular formula is C10H17N3O. The lowest BCUT2D eigenvalue weighted by Crippen LogP contribution is -2.09. The molecular weight excluding hydrogens is 178 g/mol. The summed E-state index contributed by atoms with van der Waals surface area (Å²) in [6, 6.07) is 1.92. The maximum atomic E-state index is 8.67. The summed E-state index contributed by atoms with van der Waals surface area (Å²) in [7, 11) is 0. The minimum absolute atomic E-state index is 0.111. The molecule has 4 nitrogen and oxygen atoms in total. The van der Waals surface area contributed by atoms with Gasteiger partial charge in [-0.2, -0.15) is 0 Å². The van der Waals surface area contributed by atoms with E-state index < -0.39 is 0 Å². The van der Waals surface area contributed by atoms with Crippen LogP contribution in [0.2, 0.25) is 0 Å². The van der Waals surface area contributed by atoms with Crippen molar-refractivity contribution >= 4 is 5.82 Å². The fourth-order valence-electron chi connectivity index (χ4n) is 1.16. The van der Waals surface area contributed by atoms with E-state index in [0.717, 1.165) is 17.3 Å². The topological polar surface area (TPSA) is 58.0 Å². The van der Waals surface area contributed by atoms with E-state index >= 15 is 0 Å².